The van der Waals surface area contributed by atoms with Crippen molar-refractivity contribution in [2.45, 2.75) is 6.04 Å². The smallest absolute Gasteiger partial charge is 0.114 e. The maximum absolute atomic E-state index is 5.95. The fourth-order valence-electron chi connectivity index (χ4n) is 2.24. The van der Waals surface area contributed by atoms with Crippen LogP contribution in [0.25, 0.3) is 0 Å². The van der Waals surface area contributed by atoms with E-state index in [1.807, 2.05) is 72.8 Å². The SMILES string of the molecule is Clc1ccc(N[C@@H](C#Cc2ccccc2)c2ccccc2)cc1. The van der Waals surface area contributed by atoms with Gasteiger partial charge >= 0.3 is 0 Å². The van der Waals surface area contributed by atoms with Crippen LogP contribution in [0.3, 0.4) is 0 Å². The van der Waals surface area contributed by atoms with Crippen LogP contribution in [-0.4, -0.2) is 0 Å². The molecule has 3 aromatic rings. The highest BCUT2D eigenvalue weighted by molar-refractivity contribution is 6.30. The third-order valence-corrected chi connectivity index (χ3v) is 3.67. The lowest BCUT2D eigenvalue weighted by molar-refractivity contribution is 1.02. The van der Waals surface area contributed by atoms with Crippen LogP contribution in [0.15, 0.2) is 84.9 Å². The summed E-state index contributed by atoms with van der Waals surface area (Å²) in [4.78, 5) is 0. The Labute approximate surface area is 141 Å². The van der Waals surface area contributed by atoms with Gasteiger partial charge in [0, 0.05) is 16.3 Å². The molecule has 0 heterocycles. The van der Waals surface area contributed by atoms with Gasteiger partial charge in [0.1, 0.15) is 6.04 Å². The van der Waals surface area contributed by atoms with E-state index in [1.54, 1.807) is 0 Å². The molecule has 1 nitrogen and oxygen atoms in total. The second kappa shape index (κ2) is 7.54. The van der Waals surface area contributed by atoms with Crippen molar-refractivity contribution in [1.82, 2.24) is 0 Å². The van der Waals surface area contributed by atoms with Gasteiger partial charge in [0.25, 0.3) is 0 Å². The molecule has 3 rings (SSSR count). The first-order valence-electron chi connectivity index (χ1n) is 7.45. The molecular formula is C21H16ClN. The largest absolute Gasteiger partial charge is 0.368 e. The number of hydrogen-bond acceptors (Lipinski definition) is 1. The zero-order valence-corrected chi connectivity index (χ0v) is 13.3. The van der Waals surface area contributed by atoms with Crippen molar-refractivity contribution >= 4 is 17.3 Å². The van der Waals surface area contributed by atoms with Crippen LogP contribution in [0, 0.1) is 11.8 Å². The zero-order chi connectivity index (χ0) is 15.9. The van der Waals surface area contributed by atoms with Gasteiger partial charge in [-0.15, -0.1) is 0 Å². The molecule has 1 N–H and O–H groups in total. The molecule has 3 aromatic carbocycles. The van der Waals surface area contributed by atoms with Crippen molar-refractivity contribution < 1.29 is 0 Å². The molecular weight excluding hydrogens is 302 g/mol. The van der Waals surface area contributed by atoms with E-state index in [0.717, 1.165) is 21.8 Å². The highest BCUT2D eigenvalue weighted by Gasteiger charge is 2.07. The molecule has 0 saturated carbocycles. The minimum Gasteiger partial charge on any atom is -0.368 e. The fourth-order valence-corrected chi connectivity index (χ4v) is 2.36. The van der Waals surface area contributed by atoms with Crippen LogP contribution >= 0.6 is 11.6 Å². The lowest BCUT2D eigenvalue weighted by Crippen LogP contribution is -2.08. The molecule has 0 saturated heterocycles. The number of rotatable bonds is 3. The standard InChI is InChI=1S/C21H16ClN/c22-19-12-14-20(15-13-19)23-21(18-9-5-2-6-10-18)16-11-17-7-3-1-4-8-17/h1-10,12-15,21,23H/t21-/m0/s1. The summed E-state index contributed by atoms with van der Waals surface area (Å²) >= 11 is 5.95. The third-order valence-electron chi connectivity index (χ3n) is 3.42. The molecule has 0 aliphatic heterocycles. The Bertz CT molecular complexity index is 799. The van der Waals surface area contributed by atoms with Gasteiger partial charge in [0.15, 0.2) is 0 Å². The van der Waals surface area contributed by atoms with Crippen molar-refractivity contribution in [3.05, 3.63) is 101 Å². The lowest BCUT2D eigenvalue weighted by Gasteiger charge is -2.15. The molecule has 0 bridgehead atoms. The van der Waals surface area contributed by atoms with Gasteiger partial charge in [0.2, 0.25) is 0 Å². The van der Waals surface area contributed by atoms with Crippen LogP contribution in [0.2, 0.25) is 5.02 Å². The molecule has 0 aromatic heterocycles. The highest BCUT2D eigenvalue weighted by Crippen LogP contribution is 2.21. The molecule has 2 heteroatoms. The summed E-state index contributed by atoms with van der Waals surface area (Å²) in [5.41, 5.74) is 3.13. The number of anilines is 1. The van der Waals surface area contributed by atoms with E-state index >= 15 is 0 Å². The topological polar surface area (TPSA) is 12.0 Å². The Hall–Kier alpha value is -2.69. The van der Waals surface area contributed by atoms with Gasteiger partial charge in [0.05, 0.1) is 0 Å². The summed E-state index contributed by atoms with van der Waals surface area (Å²) in [7, 11) is 0. The van der Waals surface area contributed by atoms with Crippen molar-refractivity contribution in [2.75, 3.05) is 5.32 Å². The summed E-state index contributed by atoms with van der Waals surface area (Å²) in [6.45, 7) is 0. The summed E-state index contributed by atoms with van der Waals surface area (Å²) in [5.74, 6) is 6.56. The van der Waals surface area contributed by atoms with Gasteiger partial charge in [-0.2, -0.15) is 0 Å². The zero-order valence-electron chi connectivity index (χ0n) is 12.5. The Kier molecular flexibility index (Phi) is 4.99. The summed E-state index contributed by atoms with van der Waals surface area (Å²) in [5, 5.41) is 4.18. The molecule has 0 spiro atoms. The molecule has 0 amide bonds. The molecule has 0 aliphatic rings. The highest BCUT2D eigenvalue weighted by atomic mass is 35.5. The van der Waals surface area contributed by atoms with E-state index in [0.29, 0.717) is 0 Å². The average molecular weight is 318 g/mol. The Balaban J connectivity index is 1.88. The summed E-state index contributed by atoms with van der Waals surface area (Å²) < 4.78 is 0. The van der Waals surface area contributed by atoms with Gasteiger partial charge in [-0.3, -0.25) is 0 Å². The third kappa shape index (κ3) is 4.39. The van der Waals surface area contributed by atoms with Crippen LogP contribution in [0.5, 0.6) is 0 Å². The van der Waals surface area contributed by atoms with Crippen molar-refractivity contribution in [1.29, 1.82) is 0 Å². The maximum atomic E-state index is 5.95. The van der Waals surface area contributed by atoms with E-state index in [9.17, 15) is 0 Å². The Morgan fingerprint density at radius 1 is 0.739 bits per heavy atom. The second-order valence-corrected chi connectivity index (χ2v) is 5.57. The minimum absolute atomic E-state index is 0.0856. The van der Waals surface area contributed by atoms with Gasteiger partial charge in [-0.05, 0) is 42.0 Å². The maximum Gasteiger partial charge on any atom is 0.114 e. The first-order valence-corrected chi connectivity index (χ1v) is 7.83. The van der Waals surface area contributed by atoms with E-state index in [2.05, 4.69) is 29.3 Å². The number of nitrogens with one attached hydrogen (secondary N) is 1. The van der Waals surface area contributed by atoms with Gasteiger partial charge in [-0.25, -0.2) is 0 Å². The predicted molar refractivity (Wildman–Crippen MR) is 97.6 cm³/mol. The van der Waals surface area contributed by atoms with Gasteiger partial charge in [-0.1, -0.05) is 72.0 Å². The molecule has 1 atom stereocenters. The monoisotopic (exact) mass is 317 g/mol. The summed E-state index contributed by atoms with van der Waals surface area (Å²) in [6, 6.07) is 27.8. The number of benzene rings is 3. The molecule has 112 valence electrons. The van der Waals surface area contributed by atoms with Crippen molar-refractivity contribution in [3.8, 4) is 11.8 Å². The molecule has 0 radical (unpaired) electrons. The lowest BCUT2D eigenvalue weighted by atomic mass is 10.1. The Morgan fingerprint density at radius 3 is 2.00 bits per heavy atom. The van der Waals surface area contributed by atoms with Crippen molar-refractivity contribution in [3.63, 3.8) is 0 Å². The van der Waals surface area contributed by atoms with E-state index in [-0.39, 0.29) is 6.04 Å². The predicted octanol–water partition coefficient (Wildman–Crippen LogP) is 5.54. The number of hydrogen-bond donors (Lipinski definition) is 1. The second-order valence-electron chi connectivity index (χ2n) is 5.13. The number of halogens is 1. The molecule has 0 aliphatic carbocycles. The summed E-state index contributed by atoms with van der Waals surface area (Å²) in [6.07, 6.45) is 0. The quantitative estimate of drug-likeness (QED) is 0.625. The van der Waals surface area contributed by atoms with E-state index in [1.165, 1.54) is 0 Å². The molecule has 0 fully saturated rings. The van der Waals surface area contributed by atoms with Crippen LogP contribution in [0.4, 0.5) is 5.69 Å². The minimum atomic E-state index is -0.0856. The first kappa shape index (κ1) is 15.2. The molecule has 23 heavy (non-hydrogen) atoms. The fraction of sp³-hybridized carbons (Fsp3) is 0.0476. The normalized spacial score (nSPS) is 11.2. The molecule has 0 unspecified atom stereocenters. The average Bonchev–Trinajstić information content (AvgIpc) is 2.62. The van der Waals surface area contributed by atoms with Crippen molar-refractivity contribution in [2.24, 2.45) is 0 Å². The van der Waals surface area contributed by atoms with Crippen LogP contribution in [-0.2, 0) is 0 Å². The van der Waals surface area contributed by atoms with Crippen LogP contribution in [0.1, 0.15) is 17.2 Å². The van der Waals surface area contributed by atoms with E-state index in [4.69, 9.17) is 11.6 Å². The van der Waals surface area contributed by atoms with Gasteiger partial charge < -0.3 is 5.32 Å². The Morgan fingerprint density at radius 2 is 1.35 bits per heavy atom. The first-order chi connectivity index (χ1) is 11.3. The van der Waals surface area contributed by atoms with E-state index < -0.39 is 0 Å². The van der Waals surface area contributed by atoms with Crippen LogP contribution < -0.4 is 5.32 Å².